The molecule has 0 aliphatic heterocycles. The van der Waals surface area contributed by atoms with Gasteiger partial charge in [0.05, 0.1) is 12.3 Å². The molecule has 0 saturated heterocycles. The smallest absolute Gasteiger partial charge is 0.411 e. The van der Waals surface area contributed by atoms with Crippen molar-refractivity contribution >= 4 is 0 Å². The summed E-state index contributed by atoms with van der Waals surface area (Å²) < 4.78 is 45.1. The van der Waals surface area contributed by atoms with Crippen LogP contribution in [0, 0.1) is 0 Å². The van der Waals surface area contributed by atoms with Gasteiger partial charge < -0.3 is 14.5 Å². The van der Waals surface area contributed by atoms with E-state index >= 15 is 0 Å². The van der Waals surface area contributed by atoms with Crippen LogP contribution in [0.15, 0.2) is 10.8 Å². The number of aromatic nitrogens is 1. The second-order valence-corrected chi connectivity index (χ2v) is 3.82. The minimum absolute atomic E-state index is 0.0323. The molecule has 0 amide bonds. The molecule has 0 aromatic carbocycles. The van der Waals surface area contributed by atoms with Crippen molar-refractivity contribution in [2.75, 3.05) is 19.8 Å². The molecule has 0 aliphatic rings. The highest BCUT2D eigenvalue weighted by molar-refractivity contribution is 5.07. The zero-order chi connectivity index (χ0) is 13.4. The van der Waals surface area contributed by atoms with Crippen LogP contribution >= 0.6 is 0 Å². The summed E-state index contributed by atoms with van der Waals surface area (Å²) in [7, 11) is 0. The van der Waals surface area contributed by atoms with Crippen molar-refractivity contribution in [3.63, 3.8) is 0 Å². The lowest BCUT2D eigenvalue weighted by Crippen LogP contribution is -2.18. The zero-order valence-electron chi connectivity index (χ0n) is 10.2. The molecule has 1 N–H and O–H groups in total. The van der Waals surface area contributed by atoms with E-state index in [1.807, 2.05) is 6.92 Å². The van der Waals surface area contributed by atoms with Crippen molar-refractivity contribution in [3.8, 4) is 0 Å². The fraction of sp³-hybridized carbons (Fsp3) is 0.727. The van der Waals surface area contributed by atoms with Crippen molar-refractivity contribution in [1.82, 2.24) is 10.3 Å². The van der Waals surface area contributed by atoms with Gasteiger partial charge in [0.2, 0.25) is 0 Å². The van der Waals surface area contributed by atoms with Crippen LogP contribution in [-0.4, -0.2) is 30.9 Å². The number of oxazole rings is 1. The van der Waals surface area contributed by atoms with Gasteiger partial charge in [-0.3, -0.25) is 0 Å². The van der Waals surface area contributed by atoms with Crippen LogP contribution in [0.25, 0.3) is 0 Å². The molecule has 1 rings (SSSR count). The summed E-state index contributed by atoms with van der Waals surface area (Å²) in [6.07, 6.45) is -1.70. The van der Waals surface area contributed by atoms with Crippen molar-refractivity contribution in [2.45, 2.75) is 32.5 Å². The summed E-state index contributed by atoms with van der Waals surface area (Å²) >= 11 is 0. The third-order valence-corrected chi connectivity index (χ3v) is 2.18. The van der Waals surface area contributed by atoms with Crippen LogP contribution in [0.1, 0.15) is 24.8 Å². The number of nitrogens with one attached hydrogen (secondary N) is 1. The van der Waals surface area contributed by atoms with Crippen LogP contribution in [0.5, 0.6) is 0 Å². The SMILES string of the molecule is CCCNCc1ncoc1CCOCC(F)(F)F. The van der Waals surface area contributed by atoms with Gasteiger partial charge in [-0.1, -0.05) is 6.92 Å². The van der Waals surface area contributed by atoms with Gasteiger partial charge in [-0.25, -0.2) is 4.98 Å². The number of hydrogen-bond donors (Lipinski definition) is 1. The highest BCUT2D eigenvalue weighted by Crippen LogP contribution is 2.15. The van der Waals surface area contributed by atoms with Gasteiger partial charge in [-0.05, 0) is 13.0 Å². The first-order valence-electron chi connectivity index (χ1n) is 5.79. The minimum Gasteiger partial charge on any atom is -0.448 e. The summed E-state index contributed by atoms with van der Waals surface area (Å²) in [5, 5.41) is 3.15. The normalized spacial score (nSPS) is 12.0. The summed E-state index contributed by atoms with van der Waals surface area (Å²) in [6, 6.07) is 0. The lowest BCUT2D eigenvalue weighted by Gasteiger charge is -2.07. The molecule has 0 spiro atoms. The first-order valence-corrected chi connectivity index (χ1v) is 5.79. The highest BCUT2D eigenvalue weighted by Gasteiger charge is 2.27. The topological polar surface area (TPSA) is 47.3 Å². The molecule has 7 heteroatoms. The monoisotopic (exact) mass is 266 g/mol. The molecule has 0 unspecified atom stereocenters. The Labute approximate surface area is 104 Å². The highest BCUT2D eigenvalue weighted by atomic mass is 19.4. The molecule has 1 aromatic heterocycles. The number of alkyl halides is 3. The number of ether oxygens (including phenoxy) is 1. The molecular weight excluding hydrogens is 249 g/mol. The van der Waals surface area contributed by atoms with Gasteiger partial charge in [-0.2, -0.15) is 13.2 Å². The summed E-state index contributed by atoms with van der Waals surface area (Å²) in [5.74, 6) is 0.570. The van der Waals surface area contributed by atoms with E-state index in [-0.39, 0.29) is 6.61 Å². The van der Waals surface area contributed by atoms with Crippen LogP contribution in [0.3, 0.4) is 0 Å². The van der Waals surface area contributed by atoms with Gasteiger partial charge in [0, 0.05) is 13.0 Å². The number of hydrogen-bond acceptors (Lipinski definition) is 4. The van der Waals surface area contributed by atoms with E-state index < -0.39 is 12.8 Å². The zero-order valence-corrected chi connectivity index (χ0v) is 10.2. The molecule has 0 bridgehead atoms. The average Bonchev–Trinajstić information content (AvgIpc) is 2.71. The molecule has 0 fully saturated rings. The number of rotatable bonds is 8. The van der Waals surface area contributed by atoms with E-state index in [9.17, 15) is 13.2 Å². The standard InChI is InChI=1S/C11H17F3N2O2/c1-2-4-15-6-9-10(18-8-16-9)3-5-17-7-11(12,13)14/h8,15H,2-7H2,1H3. The maximum absolute atomic E-state index is 11.8. The lowest BCUT2D eigenvalue weighted by atomic mass is 10.2. The molecule has 18 heavy (non-hydrogen) atoms. The molecule has 1 heterocycles. The lowest BCUT2D eigenvalue weighted by molar-refractivity contribution is -0.173. The number of nitrogens with zero attached hydrogens (tertiary/aromatic N) is 1. The van der Waals surface area contributed by atoms with Crippen molar-refractivity contribution in [1.29, 1.82) is 0 Å². The van der Waals surface area contributed by atoms with Crippen LogP contribution in [-0.2, 0) is 17.7 Å². The van der Waals surface area contributed by atoms with Crippen molar-refractivity contribution in [3.05, 3.63) is 17.8 Å². The fourth-order valence-corrected chi connectivity index (χ4v) is 1.38. The summed E-state index contributed by atoms with van der Waals surface area (Å²) in [5.41, 5.74) is 0.721. The van der Waals surface area contributed by atoms with Gasteiger partial charge >= 0.3 is 6.18 Å². The quantitative estimate of drug-likeness (QED) is 0.733. The van der Waals surface area contributed by atoms with Gasteiger partial charge in [0.1, 0.15) is 12.4 Å². The Morgan fingerprint density at radius 1 is 1.44 bits per heavy atom. The van der Waals surface area contributed by atoms with Gasteiger partial charge in [-0.15, -0.1) is 0 Å². The van der Waals surface area contributed by atoms with E-state index in [0.29, 0.717) is 18.7 Å². The molecular formula is C11H17F3N2O2. The first kappa shape index (κ1) is 15.0. The van der Waals surface area contributed by atoms with Gasteiger partial charge in [0.25, 0.3) is 0 Å². The predicted octanol–water partition coefficient (Wildman–Crippen LogP) is 2.30. The third-order valence-electron chi connectivity index (χ3n) is 2.18. The van der Waals surface area contributed by atoms with E-state index in [2.05, 4.69) is 15.0 Å². The third kappa shape index (κ3) is 6.02. The number of halogens is 3. The van der Waals surface area contributed by atoms with E-state index in [1.54, 1.807) is 0 Å². The Balaban J connectivity index is 2.27. The van der Waals surface area contributed by atoms with Crippen molar-refractivity contribution < 1.29 is 22.3 Å². The Hall–Kier alpha value is -1.08. The second-order valence-electron chi connectivity index (χ2n) is 3.82. The van der Waals surface area contributed by atoms with E-state index in [1.165, 1.54) is 6.39 Å². The summed E-state index contributed by atoms with van der Waals surface area (Å²) in [4.78, 5) is 4.01. The average molecular weight is 266 g/mol. The molecule has 0 atom stereocenters. The van der Waals surface area contributed by atoms with E-state index in [0.717, 1.165) is 18.7 Å². The predicted molar refractivity (Wildman–Crippen MR) is 59.1 cm³/mol. The molecule has 0 saturated carbocycles. The van der Waals surface area contributed by atoms with Crippen LogP contribution in [0.2, 0.25) is 0 Å². The van der Waals surface area contributed by atoms with Crippen molar-refractivity contribution in [2.24, 2.45) is 0 Å². The molecule has 4 nitrogen and oxygen atoms in total. The first-order chi connectivity index (χ1) is 8.53. The molecule has 104 valence electrons. The Morgan fingerprint density at radius 3 is 2.89 bits per heavy atom. The second kappa shape index (κ2) is 7.38. The Kier molecular flexibility index (Phi) is 6.14. The maximum Gasteiger partial charge on any atom is 0.411 e. The van der Waals surface area contributed by atoms with Crippen LogP contribution < -0.4 is 5.32 Å². The Morgan fingerprint density at radius 2 is 2.22 bits per heavy atom. The molecule has 0 aliphatic carbocycles. The maximum atomic E-state index is 11.8. The molecule has 0 radical (unpaired) electrons. The minimum atomic E-state index is -4.28. The summed E-state index contributed by atoms with van der Waals surface area (Å²) in [6.45, 7) is 2.19. The van der Waals surface area contributed by atoms with Gasteiger partial charge in [0.15, 0.2) is 6.39 Å². The fourth-order valence-electron chi connectivity index (χ4n) is 1.38. The largest absolute Gasteiger partial charge is 0.448 e. The Bertz CT molecular complexity index is 339. The van der Waals surface area contributed by atoms with Crippen LogP contribution in [0.4, 0.5) is 13.2 Å². The molecule has 1 aromatic rings. The van der Waals surface area contributed by atoms with E-state index in [4.69, 9.17) is 4.42 Å².